The van der Waals surface area contributed by atoms with Gasteiger partial charge in [0, 0.05) is 18.7 Å². The maximum absolute atomic E-state index is 12.0. The lowest BCUT2D eigenvalue weighted by molar-refractivity contribution is 0.0950. The zero-order valence-corrected chi connectivity index (χ0v) is 15.1. The van der Waals surface area contributed by atoms with Gasteiger partial charge in [-0.1, -0.05) is 0 Å². The van der Waals surface area contributed by atoms with Gasteiger partial charge in [-0.2, -0.15) is 0 Å². The molecule has 0 spiro atoms. The van der Waals surface area contributed by atoms with Gasteiger partial charge in [0.15, 0.2) is 11.5 Å². The van der Waals surface area contributed by atoms with Gasteiger partial charge < -0.3 is 34.7 Å². The number of aliphatic hydroxyl groups is 1. The van der Waals surface area contributed by atoms with Crippen molar-refractivity contribution in [1.82, 2.24) is 5.32 Å². The Morgan fingerprint density at radius 1 is 1.00 bits per heavy atom. The summed E-state index contributed by atoms with van der Waals surface area (Å²) in [7, 11) is 0. The molecular formula is C17H28N2O6. The van der Waals surface area contributed by atoms with Gasteiger partial charge in [0.25, 0.3) is 0 Å². The molecule has 0 aliphatic heterocycles. The summed E-state index contributed by atoms with van der Waals surface area (Å²) >= 11 is 0. The zero-order chi connectivity index (χ0) is 18.5. The van der Waals surface area contributed by atoms with E-state index in [9.17, 15) is 4.79 Å². The highest BCUT2D eigenvalue weighted by molar-refractivity contribution is 5.90. The van der Waals surface area contributed by atoms with Gasteiger partial charge >= 0.3 is 6.03 Å². The van der Waals surface area contributed by atoms with E-state index in [-0.39, 0.29) is 19.2 Å². The van der Waals surface area contributed by atoms with E-state index < -0.39 is 0 Å². The smallest absolute Gasteiger partial charge is 0.319 e. The minimum Gasteiger partial charge on any atom is -0.490 e. The Balaban J connectivity index is 2.79. The second-order valence-corrected chi connectivity index (χ2v) is 4.82. The summed E-state index contributed by atoms with van der Waals surface area (Å²) in [6, 6.07) is 3.01. The number of urea groups is 1. The highest BCUT2D eigenvalue weighted by Gasteiger charge is 2.16. The Labute approximate surface area is 148 Å². The van der Waals surface area contributed by atoms with E-state index in [4.69, 9.17) is 24.1 Å². The Bertz CT molecular complexity index is 497. The van der Waals surface area contributed by atoms with E-state index in [1.54, 1.807) is 12.1 Å². The first kappa shape index (κ1) is 20.9. The van der Waals surface area contributed by atoms with Crippen LogP contribution in [0.25, 0.3) is 0 Å². The summed E-state index contributed by atoms with van der Waals surface area (Å²) < 4.78 is 21.9. The summed E-state index contributed by atoms with van der Waals surface area (Å²) in [5.41, 5.74) is 0.532. The minimum absolute atomic E-state index is 0.0429. The molecular weight excluding hydrogens is 328 g/mol. The molecule has 0 atom stereocenters. The van der Waals surface area contributed by atoms with E-state index in [1.165, 1.54) is 0 Å². The van der Waals surface area contributed by atoms with Gasteiger partial charge in [-0.25, -0.2) is 4.79 Å². The van der Waals surface area contributed by atoms with E-state index in [0.29, 0.717) is 55.9 Å². The third-order valence-corrected chi connectivity index (χ3v) is 2.93. The number of carbonyl (C=O) groups excluding carboxylic acids is 1. The zero-order valence-electron chi connectivity index (χ0n) is 15.1. The van der Waals surface area contributed by atoms with Gasteiger partial charge in [-0.05, 0) is 20.8 Å². The lowest BCUT2D eigenvalue weighted by Crippen LogP contribution is -2.31. The average molecular weight is 356 g/mol. The molecule has 1 aromatic rings. The van der Waals surface area contributed by atoms with Crippen LogP contribution < -0.4 is 24.8 Å². The summed E-state index contributed by atoms with van der Waals surface area (Å²) in [6.45, 7) is 7.88. The van der Waals surface area contributed by atoms with Gasteiger partial charge in [0.05, 0.1) is 45.3 Å². The van der Waals surface area contributed by atoms with Crippen molar-refractivity contribution in [2.45, 2.75) is 20.8 Å². The maximum atomic E-state index is 12.0. The maximum Gasteiger partial charge on any atom is 0.319 e. The third-order valence-electron chi connectivity index (χ3n) is 2.93. The molecule has 0 radical (unpaired) electrons. The van der Waals surface area contributed by atoms with Crippen molar-refractivity contribution >= 4 is 11.7 Å². The number of aliphatic hydroxyl groups excluding tert-OH is 1. The molecule has 0 heterocycles. The number of carbonyl (C=O) groups is 1. The molecule has 0 aliphatic rings. The first-order valence-electron chi connectivity index (χ1n) is 8.46. The van der Waals surface area contributed by atoms with Crippen LogP contribution in [0, 0.1) is 0 Å². The SMILES string of the molecule is CCOc1cc(NC(=O)NCCOCCO)cc(OCC)c1OCC. The molecule has 3 N–H and O–H groups in total. The molecule has 142 valence electrons. The fraction of sp³-hybridized carbons (Fsp3) is 0.588. The normalized spacial score (nSPS) is 10.2. The molecule has 0 aromatic heterocycles. The van der Waals surface area contributed by atoms with E-state index >= 15 is 0 Å². The molecule has 1 aromatic carbocycles. The highest BCUT2D eigenvalue weighted by atomic mass is 16.5. The summed E-state index contributed by atoms with van der Waals surface area (Å²) in [5.74, 6) is 1.54. The van der Waals surface area contributed by atoms with Crippen molar-refractivity contribution in [1.29, 1.82) is 0 Å². The van der Waals surface area contributed by atoms with Gasteiger partial charge in [-0.3, -0.25) is 0 Å². The van der Waals surface area contributed by atoms with Gasteiger partial charge in [-0.15, -0.1) is 0 Å². The molecule has 0 saturated carbocycles. The van der Waals surface area contributed by atoms with Crippen molar-refractivity contribution < 1.29 is 28.8 Å². The number of benzene rings is 1. The Hall–Kier alpha value is -2.19. The molecule has 2 amide bonds. The molecule has 0 saturated heterocycles. The van der Waals surface area contributed by atoms with Crippen LogP contribution in [0.3, 0.4) is 0 Å². The van der Waals surface area contributed by atoms with E-state index in [1.807, 2.05) is 20.8 Å². The van der Waals surface area contributed by atoms with E-state index in [0.717, 1.165) is 0 Å². The lowest BCUT2D eigenvalue weighted by Gasteiger charge is -2.17. The molecule has 1 rings (SSSR count). The summed E-state index contributed by atoms with van der Waals surface area (Å²) in [6.07, 6.45) is 0. The van der Waals surface area contributed by atoms with Crippen LogP contribution in [-0.4, -0.2) is 57.3 Å². The average Bonchev–Trinajstić information content (AvgIpc) is 2.58. The third kappa shape index (κ3) is 7.49. The van der Waals surface area contributed by atoms with Crippen LogP contribution in [-0.2, 0) is 4.74 Å². The monoisotopic (exact) mass is 356 g/mol. The van der Waals surface area contributed by atoms with Crippen molar-refractivity contribution in [2.75, 3.05) is 51.5 Å². The second-order valence-electron chi connectivity index (χ2n) is 4.82. The minimum atomic E-state index is -0.373. The lowest BCUT2D eigenvalue weighted by atomic mass is 10.2. The quantitative estimate of drug-likeness (QED) is 0.496. The Morgan fingerprint density at radius 2 is 1.60 bits per heavy atom. The topological polar surface area (TPSA) is 98.3 Å². The number of ether oxygens (including phenoxy) is 4. The summed E-state index contributed by atoms with van der Waals surface area (Å²) in [5, 5.41) is 14.0. The molecule has 0 unspecified atom stereocenters. The van der Waals surface area contributed by atoms with E-state index in [2.05, 4.69) is 10.6 Å². The molecule has 0 bridgehead atoms. The summed E-state index contributed by atoms with van der Waals surface area (Å²) in [4.78, 5) is 12.0. The van der Waals surface area contributed by atoms with Crippen molar-refractivity contribution in [3.8, 4) is 17.2 Å². The molecule has 8 nitrogen and oxygen atoms in total. The largest absolute Gasteiger partial charge is 0.490 e. The number of rotatable bonds is 12. The second kappa shape index (κ2) is 12.2. The standard InChI is InChI=1S/C17H28N2O6/c1-4-23-14-11-13(12-15(24-5-2)16(14)25-6-3)19-17(21)18-7-9-22-10-8-20/h11-12,20H,4-10H2,1-3H3,(H2,18,19,21). The number of nitrogens with one attached hydrogen (secondary N) is 2. The van der Waals surface area contributed by atoms with Crippen LogP contribution in [0.4, 0.5) is 10.5 Å². The van der Waals surface area contributed by atoms with Crippen molar-refractivity contribution in [3.63, 3.8) is 0 Å². The Kier molecular flexibility index (Phi) is 10.2. The van der Waals surface area contributed by atoms with Crippen LogP contribution in [0.5, 0.6) is 17.2 Å². The highest BCUT2D eigenvalue weighted by Crippen LogP contribution is 2.40. The molecule has 0 fully saturated rings. The number of hydrogen-bond acceptors (Lipinski definition) is 6. The predicted octanol–water partition coefficient (Wildman–Crippen LogP) is 2.01. The van der Waals surface area contributed by atoms with Crippen LogP contribution in [0.2, 0.25) is 0 Å². The first-order valence-corrected chi connectivity index (χ1v) is 8.46. The van der Waals surface area contributed by atoms with Crippen molar-refractivity contribution in [2.24, 2.45) is 0 Å². The first-order chi connectivity index (χ1) is 12.2. The number of anilines is 1. The predicted molar refractivity (Wildman–Crippen MR) is 94.9 cm³/mol. The van der Waals surface area contributed by atoms with Crippen LogP contribution >= 0.6 is 0 Å². The van der Waals surface area contributed by atoms with Gasteiger partial charge in [0.2, 0.25) is 5.75 Å². The van der Waals surface area contributed by atoms with Crippen molar-refractivity contribution in [3.05, 3.63) is 12.1 Å². The number of amides is 2. The molecule has 8 heteroatoms. The Morgan fingerprint density at radius 3 is 2.12 bits per heavy atom. The van der Waals surface area contributed by atoms with Crippen LogP contribution in [0.1, 0.15) is 20.8 Å². The fourth-order valence-electron chi connectivity index (χ4n) is 2.04. The molecule has 25 heavy (non-hydrogen) atoms. The molecule has 0 aliphatic carbocycles. The fourth-order valence-corrected chi connectivity index (χ4v) is 2.04. The number of hydrogen-bond donors (Lipinski definition) is 3. The van der Waals surface area contributed by atoms with Gasteiger partial charge in [0.1, 0.15) is 0 Å². The van der Waals surface area contributed by atoms with Crippen LogP contribution in [0.15, 0.2) is 12.1 Å².